The van der Waals surface area contributed by atoms with E-state index in [1.165, 1.54) is 18.5 Å². The summed E-state index contributed by atoms with van der Waals surface area (Å²) in [6, 6.07) is 0. The molecule has 0 unspecified atom stereocenters. The van der Waals surface area contributed by atoms with Crippen molar-refractivity contribution >= 4 is 22.6 Å². The van der Waals surface area contributed by atoms with E-state index in [1.54, 1.807) is 0 Å². The summed E-state index contributed by atoms with van der Waals surface area (Å²) >= 11 is 2.20. The van der Waals surface area contributed by atoms with Gasteiger partial charge in [0.2, 0.25) is 0 Å². The van der Waals surface area contributed by atoms with Gasteiger partial charge in [-0.15, -0.1) is 0 Å². The summed E-state index contributed by atoms with van der Waals surface area (Å²) in [5.74, 6) is 0.806. The highest BCUT2D eigenvalue weighted by Gasteiger charge is 2.24. The summed E-state index contributed by atoms with van der Waals surface area (Å²) in [5, 5.41) is 0. The van der Waals surface area contributed by atoms with Gasteiger partial charge in [-0.25, -0.2) is 4.98 Å². The molecule has 0 aliphatic heterocycles. The van der Waals surface area contributed by atoms with Gasteiger partial charge in [-0.1, -0.05) is 0 Å². The molecule has 1 N–H and O–H groups in total. The molecule has 0 atom stereocenters. The third-order valence-corrected chi connectivity index (χ3v) is 2.13. The van der Waals surface area contributed by atoms with Crippen LogP contribution >= 0.6 is 22.6 Å². The molecule has 1 aromatic rings. The molecule has 1 saturated carbocycles. The van der Waals surface area contributed by atoms with E-state index in [0.29, 0.717) is 0 Å². The molecule has 3 heteroatoms. The molecule has 1 fully saturated rings. The minimum atomic E-state index is 0.806. The summed E-state index contributed by atoms with van der Waals surface area (Å²) < 4.78 is 1.01. The molecule has 1 aliphatic rings. The Morgan fingerprint density at radius 1 is 1.67 bits per heavy atom. The van der Waals surface area contributed by atoms with Gasteiger partial charge >= 0.3 is 0 Å². The molecule has 0 radical (unpaired) electrons. The number of aromatic nitrogens is 2. The molecular weight excluding hydrogens is 227 g/mol. The van der Waals surface area contributed by atoms with E-state index >= 15 is 0 Å². The predicted octanol–water partition coefficient (Wildman–Crippen LogP) is 1.89. The summed E-state index contributed by atoms with van der Waals surface area (Å²) in [7, 11) is 0. The Morgan fingerprint density at radius 2 is 2.44 bits per heavy atom. The van der Waals surface area contributed by atoms with E-state index < -0.39 is 0 Å². The number of aromatic amines is 1. The first-order chi connectivity index (χ1) is 4.36. The Morgan fingerprint density at radius 3 is 2.89 bits per heavy atom. The molecule has 1 heterocycles. The van der Waals surface area contributed by atoms with Crippen LogP contribution in [0.1, 0.15) is 24.5 Å². The maximum atomic E-state index is 4.11. The van der Waals surface area contributed by atoms with E-state index in [2.05, 4.69) is 32.6 Å². The fraction of sp³-hybridized carbons (Fsp3) is 0.500. The molecule has 48 valence electrons. The summed E-state index contributed by atoms with van der Waals surface area (Å²) in [6.07, 6.45) is 4.63. The van der Waals surface area contributed by atoms with E-state index in [-0.39, 0.29) is 0 Å². The van der Waals surface area contributed by atoms with Gasteiger partial charge in [0.15, 0.2) is 3.83 Å². The van der Waals surface area contributed by atoms with Crippen molar-refractivity contribution < 1.29 is 0 Å². The van der Waals surface area contributed by atoms with Crippen LogP contribution in [0, 0.1) is 3.83 Å². The van der Waals surface area contributed by atoms with Gasteiger partial charge in [-0.05, 0) is 35.4 Å². The van der Waals surface area contributed by atoms with E-state index in [0.717, 1.165) is 9.75 Å². The monoisotopic (exact) mass is 234 g/mol. The van der Waals surface area contributed by atoms with Crippen LogP contribution in [-0.2, 0) is 0 Å². The van der Waals surface area contributed by atoms with Crippen molar-refractivity contribution in [2.24, 2.45) is 0 Å². The number of nitrogens with one attached hydrogen (secondary N) is 1. The van der Waals surface area contributed by atoms with Crippen LogP contribution in [0.25, 0.3) is 0 Å². The van der Waals surface area contributed by atoms with Gasteiger partial charge in [0.05, 0.1) is 0 Å². The average Bonchev–Trinajstić information content (AvgIpc) is 2.58. The van der Waals surface area contributed by atoms with Crippen LogP contribution in [0.15, 0.2) is 6.20 Å². The summed E-state index contributed by atoms with van der Waals surface area (Å²) in [4.78, 5) is 7.32. The first-order valence-electron chi connectivity index (χ1n) is 3.06. The zero-order valence-corrected chi connectivity index (χ0v) is 7.05. The van der Waals surface area contributed by atoms with Crippen LogP contribution in [-0.4, -0.2) is 9.97 Å². The lowest BCUT2D eigenvalue weighted by molar-refractivity contribution is 1.04. The highest BCUT2D eigenvalue weighted by atomic mass is 127. The van der Waals surface area contributed by atoms with E-state index in [4.69, 9.17) is 0 Å². The molecule has 0 spiro atoms. The first kappa shape index (κ1) is 5.70. The average molecular weight is 234 g/mol. The zero-order chi connectivity index (χ0) is 6.27. The van der Waals surface area contributed by atoms with Gasteiger partial charge in [-0.2, -0.15) is 0 Å². The largest absolute Gasteiger partial charge is 0.337 e. The number of hydrogen-bond donors (Lipinski definition) is 1. The molecule has 1 aliphatic carbocycles. The molecular formula is C6H7IN2. The lowest BCUT2D eigenvalue weighted by Crippen LogP contribution is -1.76. The molecule has 0 saturated heterocycles. The highest BCUT2D eigenvalue weighted by molar-refractivity contribution is 14.1. The van der Waals surface area contributed by atoms with Gasteiger partial charge in [0, 0.05) is 17.8 Å². The maximum absolute atomic E-state index is 4.11. The zero-order valence-electron chi connectivity index (χ0n) is 4.89. The van der Waals surface area contributed by atoms with Crippen molar-refractivity contribution in [2.45, 2.75) is 18.8 Å². The Balaban J connectivity index is 2.28. The predicted molar refractivity (Wildman–Crippen MR) is 43.3 cm³/mol. The number of hydrogen-bond acceptors (Lipinski definition) is 1. The van der Waals surface area contributed by atoms with E-state index in [9.17, 15) is 0 Å². The minimum Gasteiger partial charge on any atom is -0.337 e. The molecule has 0 bridgehead atoms. The normalized spacial score (nSPS) is 18.3. The Hall–Kier alpha value is -0.0600. The van der Waals surface area contributed by atoms with Crippen LogP contribution in [0.5, 0.6) is 0 Å². The van der Waals surface area contributed by atoms with Crippen LogP contribution in [0.3, 0.4) is 0 Å². The molecule has 0 aromatic carbocycles. The second-order valence-electron chi connectivity index (χ2n) is 2.40. The standard InChI is InChI=1S/C6H7IN2/c7-6-8-3-5(9-6)4-1-2-4/h3-4H,1-2H2,(H,8,9). The van der Waals surface area contributed by atoms with Crippen molar-refractivity contribution in [3.63, 3.8) is 0 Å². The number of H-pyrrole nitrogens is 1. The fourth-order valence-corrected chi connectivity index (χ4v) is 1.36. The van der Waals surface area contributed by atoms with Gasteiger partial charge < -0.3 is 4.98 Å². The summed E-state index contributed by atoms with van der Waals surface area (Å²) in [6.45, 7) is 0. The lowest BCUT2D eigenvalue weighted by atomic mass is 10.3. The van der Waals surface area contributed by atoms with Crippen molar-refractivity contribution in [1.29, 1.82) is 0 Å². The summed E-state index contributed by atoms with van der Waals surface area (Å²) in [5.41, 5.74) is 1.32. The Labute approximate surface area is 67.2 Å². The highest BCUT2D eigenvalue weighted by Crippen LogP contribution is 2.38. The lowest BCUT2D eigenvalue weighted by Gasteiger charge is -1.84. The van der Waals surface area contributed by atoms with Crippen molar-refractivity contribution in [2.75, 3.05) is 0 Å². The minimum absolute atomic E-state index is 0.806. The van der Waals surface area contributed by atoms with Crippen molar-refractivity contribution in [3.8, 4) is 0 Å². The number of imidazole rings is 1. The smallest absolute Gasteiger partial charge is 0.168 e. The molecule has 2 nitrogen and oxygen atoms in total. The second kappa shape index (κ2) is 1.97. The maximum Gasteiger partial charge on any atom is 0.168 e. The van der Waals surface area contributed by atoms with Crippen LogP contribution in [0.4, 0.5) is 0 Å². The third kappa shape index (κ3) is 1.10. The Bertz CT molecular complexity index is 215. The molecule has 2 rings (SSSR count). The van der Waals surface area contributed by atoms with Gasteiger partial charge in [-0.3, -0.25) is 0 Å². The SMILES string of the molecule is Ic1ncc(C2CC2)[nH]1. The van der Waals surface area contributed by atoms with Crippen molar-refractivity contribution in [1.82, 2.24) is 9.97 Å². The van der Waals surface area contributed by atoms with Gasteiger partial charge in [0.25, 0.3) is 0 Å². The molecule has 1 aromatic heterocycles. The first-order valence-corrected chi connectivity index (χ1v) is 4.14. The number of halogens is 1. The molecule has 0 amide bonds. The second-order valence-corrected chi connectivity index (χ2v) is 3.43. The third-order valence-electron chi connectivity index (χ3n) is 1.58. The Kier molecular flexibility index (Phi) is 1.25. The van der Waals surface area contributed by atoms with Crippen LogP contribution in [0.2, 0.25) is 0 Å². The number of rotatable bonds is 1. The quantitative estimate of drug-likeness (QED) is 0.738. The van der Waals surface area contributed by atoms with Crippen LogP contribution < -0.4 is 0 Å². The van der Waals surface area contributed by atoms with Crippen molar-refractivity contribution in [3.05, 3.63) is 15.7 Å². The van der Waals surface area contributed by atoms with E-state index in [1.807, 2.05) is 6.20 Å². The molecule has 9 heavy (non-hydrogen) atoms. The van der Waals surface area contributed by atoms with Gasteiger partial charge in [0.1, 0.15) is 0 Å². The number of nitrogens with zero attached hydrogens (tertiary/aromatic N) is 1. The topological polar surface area (TPSA) is 28.7 Å². The fourth-order valence-electron chi connectivity index (χ4n) is 0.912.